The Morgan fingerprint density at radius 1 is 0.914 bits per heavy atom. The van der Waals surface area contributed by atoms with Gasteiger partial charge in [0.05, 0.1) is 16.0 Å². The van der Waals surface area contributed by atoms with E-state index < -0.39 is 17.2 Å². The van der Waals surface area contributed by atoms with Crippen molar-refractivity contribution in [2.45, 2.75) is 11.8 Å². The van der Waals surface area contributed by atoms with Gasteiger partial charge in [-0.3, -0.25) is 0 Å². The Balaban J connectivity index is 1.68. The number of aromatic nitrogens is 3. The van der Waals surface area contributed by atoms with Gasteiger partial charge >= 0.3 is 0 Å². The predicted molar refractivity (Wildman–Crippen MR) is 143 cm³/mol. The first-order valence-corrected chi connectivity index (χ1v) is 15.2. The predicted octanol–water partition coefficient (Wildman–Crippen LogP) is 5.77. The number of halogens is 1. The minimum Gasteiger partial charge on any atom is -0.339 e. The first-order valence-electron chi connectivity index (χ1n) is 10.8. The maximum absolute atomic E-state index is 13.3. The molecule has 0 saturated carbocycles. The number of fused-ring (bicyclic) bond motifs is 2. The number of benzene rings is 3. The molecule has 0 bridgehead atoms. The van der Waals surface area contributed by atoms with Gasteiger partial charge in [0.2, 0.25) is 5.28 Å². The molecule has 2 heterocycles. The fraction of sp³-hybridized carbons (Fsp3) is 0.120. The van der Waals surface area contributed by atoms with Crippen molar-refractivity contribution in [1.82, 2.24) is 13.9 Å². The molecule has 1 N–H and O–H groups in total. The van der Waals surface area contributed by atoms with Crippen molar-refractivity contribution in [3.63, 3.8) is 0 Å². The molecule has 0 atom stereocenters. The van der Waals surface area contributed by atoms with Crippen LogP contribution in [0.1, 0.15) is 5.56 Å². The molecule has 0 aliphatic rings. The van der Waals surface area contributed by atoms with E-state index in [0.717, 1.165) is 20.3 Å². The number of nitrogens with one attached hydrogen (secondary N) is 1. The lowest BCUT2D eigenvalue weighted by atomic mass is 10.1. The first kappa shape index (κ1) is 23.5. The van der Waals surface area contributed by atoms with Gasteiger partial charge in [0.1, 0.15) is 13.0 Å². The zero-order valence-corrected chi connectivity index (χ0v) is 21.7. The quantitative estimate of drug-likeness (QED) is 0.231. The summed E-state index contributed by atoms with van der Waals surface area (Å²) in [4.78, 5) is 8.68. The highest BCUT2D eigenvalue weighted by Gasteiger charge is 2.24. The molecular formula is C25H22ClN4O3PS. The maximum Gasteiger partial charge on any atom is 0.269 e. The highest BCUT2D eigenvalue weighted by atomic mass is 35.5. The van der Waals surface area contributed by atoms with Crippen LogP contribution in [-0.2, 0) is 14.6 Å². The topological polar surface area (TPSA) is 94.0 Å². The summed E-state index contributed by atoms with van der Waals surface area (Å²) in [6.07, 6.45) is 1.43. The first-order chi connectivity index (χ1) is 16.6. The van der Waals surface area contributed by atoms with Crippen LogP contribution in [0.2, 0.25) is 5.28 Å². The van der Waals surface area contributed by atoms with E-state index in [9.17, 15) is 13.0 Å². The number of anilines is 2. The number of hydrogen-bond donors (Lipinski definition) is 1. The summed E-state index contributed by atoms with van der Waals surface area (Å²) in [5, 5.41) is 6.13. The van der Waals surface area contributed by atoms with Crippen LogP contribution >= 0.6 is 18.7 Å². The minimum absolute atomic E-state index is 0.113. The SMILES string of the molecule is Cc1ccc(S(=O)(=O)n2ccc3c(Nc4ccc5ccccc5c4P(C)(C)=O)nc(Cl)nc32)cc1. The Hall–Kier alpha value is -3.19. The van der Waals surface area contributed by atoms with Gasteiger partial charge < -0.3 is 9.88 Å². The van der Waals surface area contributed by atoms with E-state index >= 15 is 0 Å². The van der Waals surface area contributed by atoms with Gasteiger partial charge in [-0.25, -0.2) is 12.4 Å². The Kier molecular flexibility index (Phi) is 5.71. The molecule has 0 fully saturated rings. The number of hydrogen-bond acceptors (Lipinski definition) is 6. The van der Waals surface area contributed by atoms with Crippen LogP contribution in [0.25, 0.3) is 21.8 Å². The number of nitrogens with zero attached hydrogens (tertiary/aromatic N) is 3. The highest BCUT2D eigenvalue weighted by molar-refractivity contribution is 7.90. The fourth-order valence-corrected chi connectivity index (χ4v) is 7.10. The van der Waals surface area contributed by atoms with Crippen molar-refractivity contribution in [3.05, 3.63) is 83.8 Å². The van der Waals surface area contributed by atoms with Crippen molar-refractivity contribution in [1.29, 1.82) is 0 Å². The number of aryl methyl sites for hydroxylation is 1. The monoisotopic (exact) mass is 524 g/mol. The molecule has 0 unspecified atom stereocenters. The molecule has 0 aliphatic carbocycles. The average Bonchev–Trinajstić information content (AvgIpc) is 3.23. The Morgan fingerprint density at radius 3 is 2.34 bits per heavy atom. The van der Waals surface area contributed by atoms with Gasteiger partial charge in [0.25, 0.3) is 10.0 Å². The van der Waals surface area contributed by atoms with Crippen LogP contribution in [0, 0.1) is 6.92 Å². The van der Waals surface area contributed by atoms with Crippen molar-refractivity contribution in [2.75, 3.05) is 18.6 Å². The average molecular weight is 525 g/mol. The molecule has 178 valence electrons. The molecule has 0 spiro atoms. The third kappa shape index (κ3) is 4.22. The molecular weight excluding hydrogens is 503 g/mol. The summed E-state index contributed by atoms with van der Waals surface area (Å²) in [6, 6.07) is 19.7. The summed E-state index contributed by atoms with van der Waals surface area (Å²) >= 11 is 6.24. The molecule has 0 saturated heterocycles. The van der Waals surface area contributed by atoms with Gasteiger partial charge in [0, 0.05) is 11.5 Å². The lowest BCUT2D eigenvalue weighted by Crippen LogP contribution is -2.14. The molecule has 10 heteroatoms. The van der Waals surface area contributed by atoms with Gasteiger partial charge in [-0.05, 0) is 66.9 Å². The van der Waals surface area contributed by atoms with E-state index in [4.69, 9.17) is 11.6 Å². The minimum atomic E-state index is -3.91. The Bertz CT molecular complexity index is 1760. The van der Waals surface area contributed by atoms with Crippen molar-refractivity contribution < 1.29 is 13.0 Å². The van der Waals surface area contributed by atoms with Crippen molar-refractivity contribution >= 4 is 67.4 Å². The summed E-state index contributed by atoms with van der Waals surface area (Å²) in [6.45, 7) is 5.32. The van der Waals surface area contributed by atoms with Crippen LogP contribution in [-0.4, -0.2) is 35.7 Å². The standard InChI is InChI=1S/C25H22ClN4O3PS/c1-16-8-11-18(12-9-16)35(32,33)30-15-14-20-23(28-25(26)29-24(20)30)27-21-13-10-17-6-4-5-7-19(17)22(21)34(2,3)31/h4-15H,1-3H3,(H,27,28,29). The van der Waals surface area contributed by atoms with Crippen molar-refractivity contribution in [2.24, 2.45) is 0 Å². The normalized spacial score (nSPS) is 12.3. The van der Waals surface area contributed by atoms with Gasteiger partial charge in [-0.2, -0.15) is 9.97 Å². The summed E-state index contributed by atoms with van der Waals surface area (Å²) in [7, 11) is -6.63. The van der Waals surface area contributed by atoms with Crippen LogP contribution in [0.5, 0.6) is 0 Å². The van der Waals surface area contributed by atoms with Crippen LogP contribution in [0.3, 0.4) is 0 Å². The molecule has 5 aromatic rings. The molecule has 7 nitrogen and oxygen atoms in total. The van der Waals surface area contributed by atoms with Gasteiger partial charge in [0.15, 0.2) is 5.65 Å². The summed E-state index contributed by atoms with van der Waals surface area (Å²) in [5.41, 5.74) is 1.71. The highest BCUT2D eigenvalue weighted by Crippen LogP contribution is 2.42. The van der Waals surface area contributed by atoms with Gasteiger partial charge in [-0.1, -0.05) is 48.0 Å². The maximum atomic E-state index is 13.3. The van der Waals surface area contributed by atoms with E-state index in [1.165, 1.54) is 6.20 Å². The zero-order chi connectivity index (χ0) is 25.0. The third-order valence-corrected chi connectivity index (χ3v) is 9.16. The lowest BCUT2D eigenvalue weighted by Gasteiger charge is -2.18. The van der Waals surface area contributed by atoms with Crippen LogP contribution < -0.4 is 10.6 Å². The summed E-state index contributed by atoms with van der Waals surface area (Å²) < 4.78 is 41.1. The Morgan fingerprint density at radius 2 is 1.63 bits per heavy atom. The second-order valence-electron chi connectivity index (χ2n) is 8.67. The zero-order valence-electron chi connectivity index (χ0n) is 19.2. The molecule has 0 radical (unpaired) electrons. The molecule has 2 aromatic heterocycles. The smallest absolute Gasteiger partial charge is 0.269 e. The van der Waals surface area contributed by atoms with Gasteiger partial charge in [-0.15, -0.1) is 0 Å². The van der Waals surface area contributed by atoms with E-state index in [1.807, 2.05) is 43.3 Å². The summed E-state index contributed by atoms with van der Waals surface area (Å²) in [5.74, 6) is 0.322. The lowest BCUT2D eigenvalue weighted by molar-refractivity contribution is 0.587. The Labute approximate surface area is 208 Å². The fourth-order valence-electron chi connectivity index (χ4n) is 4.14. The second-order valence-corrected chi connectivity index (χ2v) is 14.0. The number of rotatable bonds is 5. The van der Waals surface area contributed by atoms with E-state index in [1.54, 1.807) is 43.7 Å². The molecule has 3 aromatic carbocycles. The second kappa shape index (κ2) is 8.48. The third-order valence-electron chi connectivity index (χ3n) is 5.75. The van der Waals surface area contributed by atoms with E-state index in [2.05, 4.69) is 15.3 Å². The molecule has 0 amide bonds. The van der Waals surface area contributed by atoms with E-state index in [0.29, 0.717) is 22.2 Å². The van der Waals surface area contributed by atoms with Crippen LogP contribution in [0.15, 0.2) is 77.8 Å². The van der Waals surface area contributed by atoms with Crippen LogP contribution in [0.4, 0.5) is 11.5 Å². The molecule has 5 rings (SSSR count). The molecule has 35 heavy (non-hydrogen) atoms. The largest absolute Gasteiger partial charge is 0.339 e. The van der Waals surface area contributed by atoms with Crippen molar-refractivity contribution in [3.8, 4) is 0 Å². The molecule has 0 aliphatic heterocycles. The van der Waals surface area contributed by atoms with E-state index in [-0.39, 0.29) is 15.8 Å².